The topological polar surface area (TPSA) is 77.8 Å². The van der Waals surface area contributed by atoms with Crippen LogP contribution in [0.25, 0.3) is 22.5 Å². The van der Waals surface area contributed by atoms with E-state index in [2.05, 4.69) is 9.97 Å². The second-order valence-corrected chi connectivity index (χ2v) is 4.54. The Morgan fingerprint density at radius 2 is 1.10 bits per heavy atom. The minimum atomic E-state index is 0.712. The molecule has 0 fully saturated rings. The first kappa shape index (κ1) is 12.2. The Kier molecular flexibility index (Phi) is 3.05. The zero-order valence-electron chi connectivity index (χ0n) is 10.8. The molecule has 3 rings (SSSR count). The molecule has 0 aliphatic carbocycles. The Balaban J connectivity index is 1.96. The van der Waals surface area contributed by atoms with Gasteiger partial charge in [0.1, 0.15) is 0 Å². The lowest BCUT2D eigenvalue weighted by Crippen LogP contribution is -1.91. The van der Waals surface area contributed by atoms with E-state index in [0.717, 1.165) is 22.5 Å². The van der Waals surface area contributed by atoms with Gasteiger partial charge in [0, 0.05) is 22.5 Å². The summed E-state index contributed by atoms with van der Waals surface area (Å²) in [5.41, 5.74) is 16.5. The van der Waals surface area contributed by atoms with Gasteiger partial charge in [-0.3, -0.25) is 9.97 Å². The summed E-state index contributed by atoms with van der Waals surface area (Å²) in [4.78, 5) is 8.87. The molecule has 0 amide bonds. The van der Waals surface area contributed by atoms with Crippen molar-refractivity contribution < 1.29 is 0 Å². The minimum Gasteiger partial charge on any atom is -0.399 e. The van der Waals surface area contributed by atoms with Crippen LogP contribution in [-0.2, 0) is 0 Å². The summed E-state index contributed by atoms with van der Waals surface area (Å²) in [6.45, 7) is 0. The van der Waals surface area contributed by atoms with E-state index in [4.69, 9.17) is 11.5 Å². The molecule has 4 nitrogen and oxygen atoms in total. The summed E-state index contributed by atoms with van der Waals surface area (Å²) in [7, 11) is 0. The standard InChI is InChI=1S/C16H14N4/c17-13-5-1-3-11(7-13)15-9-20-16(10-19-15)12-4-2-6-14(18)8-12/h1-10H,17-18H2. The Labute approximate surface area is 117 Å². The van der Waals surface area contributed by atoms with Gasteiger partial charge in [-0.25, -0.2) is 0 Å². The van der Waals surface area contributed by atoms with E-state index >= 15 is 0 Å². The molecule has 98 valence electrons. The molecule has 0 atom stereocenters. The summed E-state index contributed by atoms with van der Waals surface area (Å²) in [5, 5.41) is 0. The quantitative estimate of drug-likeness (QED) is 0.696. The first-order chi connectivity index (χ1) is 9.72. The van der Waals surface area contributed by atoms with E-state index in [1.54, 1.807) is 12.4 Å². The third kappa shape index (κ3) is 2.44. The van der Waals surface area contributed by atoms with Crippen LogP contribution in [0.15, 0.2) is 60.9 Å². The van der Waals surface area contributed by atoms with Crippen LogP contribution in [0.4, 0.5) is 11.4 Å². The number of aromatic nitrogens is 2. The normalized spacial score (nSPS) is 10.4. The first-order valence-corrected chi connectivity index (χ1v) is 6.26. The Morgan fingerprint density at radius 1 is 0.650 bits per heavy atom. The molecule has 1 aromatic heterocycles. The number of hydrogen-bond acceptors (Lipinski definition) is 4. The van der Waals surface area contributed by atoms with Crippen LogP contribution >= 0.6 is 0 Å². The molecule has 4 N–H and O–H groups in total. The van der Waals surface area contributed by atoms with Crippen LogP contribution in [0.3, 0.4) is 0 Å². The van der Waals surface area contributed by atoms with Gasteiger partial charge in [-0.1, -0.05) is 24.3 Å². The van der Waals surface area contributed by atoms with Crippen LogP contribution in [0.5, 0.6) is 0 Å². The minimum absolute atomic E-state index is 0.712. The van der Waals surface area contributed by atoms with Gasteiger partial charge in [0.15, 0.2) is 0 Å². The van der Waals surface area contributed by atoms with Gasteiger partial charge >= 0.3 is 0 Å². The van der Waals surface area contributed by atoms with Crippen molar-refractivity contribution in [2.75, 3.05) is 11.5 Å². The Hall–Kier alpha value is -2.88. The largest absolute Gasteiger partial charge is 0.399 e. The van der Waals surface area contributed by atoms with Crippen molar-refractivity contribution in [3.05, 3.63) is 60.9 Å². The molecule has 0 radical (unpaired) electrons. The number of nitrogens with two attached hydrogens (primary N) is 2. The molecule has 3 aromatic rings. The number of benzene rings is 2. The van der Waals surface area contributed by atoms with Crippen LogP contribution in [0.2, 0.25) is 0 Å². The highest BCUT2D eigenvalue weighted by molar-refractivity contribution is 5.67. The molecule has 2 aromatic carbocycles. The molecule has 0 unspecified atom stereocenters. The smallest absolute Gasteiger partial charge is 0.0886 e. The third-order valence-corrected chi connectivity index (χ3v) is 3.02. The maximum Gasteiger partial charge on any atom is 0.0886 e. The SMILES string of the molecule is Nc1cccc(-c2cnc(-c3cccc(N)c3)cn2)c1. The lowest BCUT2D eigenvalue weighted by molar-refractivity contribution is 1.21. The molecule has 0 saturated heterocycles. The van der Waals surface area contributed by atoms with Gasteiger partial charge in [-0.05, 0) is 24.3 Å². The lowest BCUT2D eigenvalue weighted by Gasteiger charge is -2.04. The fourth-order valence-corrected chi connectivity index (χ4v) is 2.02. The number of nitrogen functional groups attached to an aromatic ring is 2. The zero-order valence-corrected chi connectivity index (χ0v) is 10.8. The number of hydrogen-bond donors (Lipinski definition) is 2. The van der Waals surface area contributed by atoms with Crippen LogP contribution in [0, 0.1) is 0 Å². The fourth-order valence-electron chi connectivity index (χ4n) is 2.02. The van der Waals surface area contributed by atoms with E-state index in [-0.39, 0.29) is 0 Å². The van der Waals surface area contributed by atoms with Gasteiger partial charge in [0.05, 0.1) is 23.8 Å². The van der Waals surface area contributed by atoms with E-state index in [1.807, 2.05) is 48.5 Å². The van der Waals surface area contributed by atoms with Gasteiger partial charge in [-0.2, -0.15) is 0 Å². The summed E-state index contributed by atoms with van der Waals surface area (Å²) in [6.07, 6.45) is 3.49. The molecule has 0 saturated carbocycles. The highest BCUT2D eigenvalue weighted by Gasteiger charge is 2.03. The maximum atomic E-state index is 5.77. The average molecular weight is 262 g/mol. The van der Waals surface area contributed by atoms with Crippen molar-refractivity contribution in [2.24, 2.45) is 0 Å². The molecular weight excluding hydrogens is 248 g/mol. The van der Waals surface area contributed by atoms with Gasteiger partial charge < -0.3 is 11.5 Å². The van der Waals surface area contributed by atoms with Crippen molar-refractivity contribution in [1.82, 2.24) is 9.97 Å². The number of anilines is 2. The third-order valence-electron chi connectivity index (χ3n) is 3.02. The van der Waals surface area contributed by atoms with E-state index in [9.17, 15) is 0 Å². The molecule has 0 spiro atoms. The molecule has 0 bridgehead atoms. The molecular formula is C16H14N4. The molecule has 4 heteroatoms. The van der Waals surface area contributed by atoms with E-state index < -0.39 is 0 Å². The number of rotatable bonds is 2. The average Bonchev–Trinajstić information content (AvgIpc) is 2.47. The van der Waals surface area contributed by atoms with E-state index in [1.165, 1.54) is 0 Å². The van der Waals surface area contributed by atoms with E-state index in [0.29, 0.717) is 11.4 Å². The molecule has 0 aliphatic rings. The monoisotopic (exact) mass is 262 g/mol. The summed E-state index contributed by atoms with van der Waals surface area (Å²) in [6, 6.07) is 15.2. The Morgan fingerprint density at radius 3 is 1.45 bits per heavy atom. The van der Waals surface area contributed by atoms with Crippen LogP contribution in [0.1, 0.15) is 0 Å². The van der Waals surface area contributed by atoms with Crippen LogP contribution < -0.4 is 11.5 Å². The van der Waals surface area contributed by atoms with Crippen molar-refractivity contribution in [2.45, 2.75) is 0 Å². The highest BCUT2D eigenvalue weighted by atomic mass is 14.8. The molecule has 0 aliphatic heterocycles. The Bertz CT molecular complexity index is 671. The maximum absolute atomic E-state index is 5.77. The van der Waals surface area contributed by atoms with Crippen molar-refractivity contribution in [3.8, 4) is 22.5 Å². The predicted octanol–water partition coefficient (Wildman–Crippen LogP) is 2.98. The van der Waals surface area contributed by atoms with Crippen molar-refractivity contribution in [1.29, 1.82) is 0 Å². The second-order valence-electron chi connectivity index (χ2n) is 4.54. The van der Waals surface area contributed by atoms with Gasteiger partial charge in [-0.15, -0.1) is 0 Å². The molecule has 20 heavy (non-hydrogen) atoms. The van der Waals surface area contributed by atoms with Crippen LogP contribution in [-0.4, -0.2) is 9.97 Å². The van der Waals surface area contributed by atoms with Gasteiger partial charge in [0.2, 0.25) is 0 Å². The van der Waals surface area contributed by atoms with Crippen molar-refractivity contribution >= 4 is 11.4 Å². The fraction of sp³-hybridized carbons (Fsp3) is 0. The summed E-state index contributed by atoms with van der Waals surface area (Å²) < 4.78 is 0. The second kappa shape index (κ2) is 5.01. The lowest BCUT2D eigenvalue weighted by atomic mass is 10.1. The first-order valence-electron chi connectivity index (χ1n) is 6.26. The van der Waals surface area contributed by atoms with Crippen molar-refractivity contribution in [3.63, 3.8) is 0 Å². The zero-order chi connectivity index (χ0) is 13.9. The highest BCUT2D eigenvalue weighted by Crippen LogP contribution is 2.22. The molecule has 1 heterocycles. The summed E-state index contributed by atoms with van der Waals surface area (Å²) >= 11 is 0. The summed E-state index contributed by atoms with van der Waals surface area (Å²) in [5.74, 6) is 0. The number of nitrogens with zero attached hydrogens (tertiary/aromatic N) is 2. The predicted molar refractivity (Wildman–Crippen MR) is 81.7 cm³/mol. The van der Waals surface area contributed by atoms with Gasteiger partial charge in [0.25, 0.3) is 0 Å².